The van der Waals surface area contributed by atoms with Gasteiger partial charge < -0.3 is 10.6 Å². The number of anilines is 1. The maximum atomic E-state index is 14.1. The Bertz CT molecular complexity index is 664. The van der Waals surface area contributed by atoms with Gasteiger partial charge in [0.25, 0.3) is 0 Å². The number of benzene rings is 1. The van der Waals surface area contributed by atoms with Crippen LogP contribution in [0.4, 0.5) is 10.1 Å². The average molecular weight is 287 g/mol. The van der Waals surface area contributed by atoms with Crippen molar-refractivity contribution in [3.05, 3.63) is 48.0 Å². The minimum atomic E-state index is -0.302. The highest BCUT2D eigenvalue weighted by molar-refractivity contribution is 5.97. The van der Waals surface area contributed by atoms with E-state index in [-0.39, 0.29) is 11.9 Å². The number of guanidine groups is 1. The second-order valence-electron chi connectivity index (χ2n) is 5.07. The molecule has 1 aromatic carbocycles. The largest absolute Gasteiger partial charge is 0.369 e. The van der Waals surface area contributed by atoms with Gasteiger partial charge in [-0.05, 0) is 18.6 Å². The number of rotatable bonds is 4. The van der Waals surface area contributed by atoms with E-state index >= 15 is 0 Å². The zero-order chi connectivity index (χ0) is 14.8. The second-order valence-corrected chi connectivity index (χ2v) is 5.07. The van der Waals surface area contributed by atoms with Gasteiger partial charge >= 0.3 is 0 Å². The van der Waals surface area contributed by atoms with E-state index in [9.17, 15) is 4.39 Å². The first kappa shape index (κ1) is 13.6. The van der Waals surface area contributed by atoms with Gasteiger partial charge in [0.2, 0.25) is 0 Å². The highest BCUT2D eigenvalue weighted by atomic mass is 19.1. The minimum Gasteiger partial charge on any atom is -0.369 e. The Balaban J connectivity index is 1.93. The SMILES string of the molecule is CCCn1cc(C2CN=C(N)N2c2ccccc2F)cn1. The number of nitrogens with two attached hydrogens (primary N) is 1. The third-order valence-corrected chi connectivity index (χ3v) is 3.59. The molecule has 3 rings (SSSR count). The molecule has 21 heavy (non-hydrogen) atoms. The molecule has 0 spiro atoms. The van der Waals surface area contributed by atoms with E-state index in [0.717, 1.165) is 18.5 Å². The Hall–Kier alpha value is -2.37. The van der Waals surface area contributed by atoms with Gasteiger partial charge in [-0.25, -0.2) is 4.39 Å². The lowest BCUT2D eigenvalue weighted by molar-refractivity contribution is 0.600. The van der Waals surface area contributed by atoms with E-state index in [1.807, 2.05) is 17.1 Å². The molecular formula is C15H18FN5. The summed E-state index contributed by atoms with van der Waals surface area (Å²) in [5.41, 5.74) is 7.40. The van der Waals surface area contributed by atoms with Crippen LogP contribution in [0.1, 0.15) is 24.9 Å². The molecule has 0 radical (unpaired) electrons. The van der Waals surface area contributed by atoms with Crippen molar-refractivity contribution in [2.75, 3.05) is 11.4 Å². The van der Waals surface area contributed by atoms with Crippen LogP contribution in [-0.2, 0) is 6.54 Å². The van der Waals surface area contributed by atoms with E-state index in [2.05, 4.69) is 17.0 Å². The summed E-state index contributed by atoms with van der Waals surface area (Å²) in [6.45, 7) is 3.48. The number of aromatic nitrogens is 2. The number of aliphatic imine (C=N–C) groups is 1. The summed E-state index contributed by atoms with van der Waals surface area (Å²) in [7, 11) is 0. The molecule has 0 fully saturated rings. The molecule has 0 amide bonds. The summed E-state index contributed by atoms with van der Waals surface area (Å²) in [5.74, 6) is 0.0387. The van der Waals surface area contributed by atoms with Crippen molar-refractivity contribution >= 4 is 11.6 Å². The Morgan fingerprint density at radius 3 is 2.95 bits per heavy atom. The fourth-order valence-electron chi connectivity index (χ4n) is 2.59. The number of hydrogen-bond donors (Lipinski definition) is 1. The van der Waals surface area contributed by atoms with Gasteiger partial charge in [0, 0.05) is 18.3 Å². The van der Waals surface area contributed by atoms with E-state index in [1.165, 1.54) is 6.07 Å². The van der Waals surface area contributed by atoms with Gasteiger partial charge in [-0.3, -0.25) is 9.67 Å². The summed E-state index contributed by atoms with van der Waals surface area (Å²) >= 11 is 0. The average Bonchev–Trinajstić information content (AvgIpc) is 3.07. The number of aryl methyl sites for hydroxylation is 1. The first-order valence-electron chi connectivity index (χ1n) is 7.06. The van der Waals surface area contributed by atoms with Gasteiger partial charge in [0.15, 0.2) is 5.96 Å². The molecular weight excluding hydrogens is 269 g/mol. The molecule has 2 N–H and O–H groups in total. The molecule has 5 nitrogen and oxygen atoms in total. The number of halogens is 1. The standard InChI is InChI=1S/C15H18FN5/c1-2-7-20-10-11(8-19-20)14-9-18-15(17)21(14)13-6-4-3-5-12(13)16/h3-6,8,10,14H,2,7,9H2,1H3,(H2,17,18). The van der Waals surface area contributed by atoms with Crippen molar-refractivity contribution in [2.24, 2.45) is 10.7 Å². The number of nitrogens with zero attached hydrogens (tertiary/aromatic N) is 4. The molecule has 2 aromatic rings. The number of hydrogen-bond acceptors (Lipinski definition) is 4. The van der Waals surface area contributed by atoms with Crippen LogP contribution in [0.2, 0.25) is 0 Å². The van der Waals surface area contributed by atoms with E-state index in [4.69, 9.17) is 5.73 Å². The van der Waals surface area contributed by atoms with Gasteiger partial charge in [-0.2, -0.15) is 5.10 Å². The normalized spacial score (nSPS) is 18.1. The molecule has 0 saturated heterocycles. The first-order valence-corrected chi connectivity index (χ1v) is 7.06. The molecule has 1 aromatic heterocycles. The van der Waals surface area contributed by atoms with E-state index in [0.29, 0.717) is 18.2 Å². The maximum Gasteiger partial charge on any atom is 0.196 e. The third kappa shape index (κ3) is 2.49. The monoisotopic (exact) mass is 287 g/mol. The Morgan fingerprint density at radius 2 is 2.19 bits per heavy atom. The maximum absolute atomic E-state index is 14.1. The molecule has 110 valence electrons. The molecule has 1 unspecified atom stereocenters. The van der Waals surface area contributed by atoms with Crippen molar-refractivity contribution in [1.29, 1.82) is 0 Å². The summed E-state index contributed by atoms with van der Waals surface area (Å²) in [5, 5.41) is 4.33. The summed E-state index contributed by atoms with van der Waals surface area (Å²) in [6, 6.07) is 6.50. The lowest BCUT2D eigenvalue weighted by Crippen LogP contribution is -2.36. The van der Waals surface area contributed by atoms with Crippen LogP contribution >= 0.6 is 0 Å². The topological polar surface area (TPSA) is 59.4 Å². The summed E-state index contributed by atoms with van der Waals surface area (Å²) in [4.78, 5) is 6.00. The molecule has 0 aliphatic carbocycles. The lowest BCUT2D eigenvalue weighted by atomic mass is 10.1. The highest BCUT2D eigenvalue weighted by Crippen LogP contribution is 2.32. The van der Waals surface area contributed by atoms with Crippen molar-refractivity contribution in [3.63, 3.8) is 0 Å². The zero-order valence-corrected chi connectivity index (χ0v) is 11.9. The van der Waals surface area contributed by atoms with Crippen LogP contribution in [0.25, 0.3) is 0 Å². The molecule has 2 heterocycles. The van der Waals surface area contributed by atoms with Crippen molar-refractivity contribution in [1.82, 2.24) is 9.78 Å². The molecule has 1 atom stereocenters. The quantitative estimate of drug-likeness (QED) is 0.938. The Labute approximate surface area is 122 Å². The first-order chi connectivity index (χ1) is 10.2. The second kappa shape index (κ2) is 5.55. The molecule has 1 aliphatic rings. The van der Waals surface area contributed by atoms with Crippen LogP contribution in [0, 0.1) is 5.82 Å². The van der Waals surface area contributed by atoms with Gasteiger partial charge in [-0.1, -0.05) is 19.1 Å². The highest BCUT2D eigenvalue weighted by Gasteiger charge is 2.31. The summed E-state index contributed by atoms with van der Waals surface area (Å²) < 4.78 is 15.9. The zero-order valence-electron chi connectivity index (χ0n) is 11.9. The molecule has 0 bridgehead atoms. The molecule has 6 heteroatoms. The van der Waals surface area contributed by atoms with Crippen LogP contribution in [0.15, 0.2) is 41.7 Å². The predicted octanol–water partition coefficient (Wildman–Crippen LogP) is 2.31. The minimum absolute atomic E-state index is 0.104. The van der Waals surface area contributed by atoms with Crippen molar-refractivity contribution < 1.29 is 4.39 Å². The molecule has 0 saturated carbocycles. The fourth-order valence-corrected chi connectivity index (χ4v) is 2.59. The predicted molar refractivity (Wildman–Crippen MR) is 80.6 cm³/mol. The van der Waals surface area contributed by atoms with Gasteiger partial charge in [-0.15, -0.1) is 0 Å². The fraction of sp³-hybridized carbons (Fsp3) is 0.333. The van der Waals surface area contributed by atoms with Gasteiger partial charge in [0.05, 0.1) is 24.5 Å². The van der Waals surface area contributed by atoms with Crippen LogP contribution in [-0.4, -0.2) is 22.3 Å². The van der Waals surface area contributed by atoms with Crippen LogP contribution < -0.4 is 10.6 Å². The van der Waals surface area contributed by atoms with Crippen molar-refractivity contribution in [2.45, 2.75) is 25.9 Å². The van der Waals surface area contributed by atoms with Crippen molar-refractivity contribution in [3.8, 4) is 0 Å². The van der Waals surface area contributed by atoms with E-state index in [1.54, 1.807) is 23.1 Å². The van der Waals surface area contributed by atoms with E-state index < -0.39 is 0 Å². The van der Waals surface area contributed by atoms with Crippen LogP contribution in [0.3, 0.4) is 0 Å². The third-order valence-electron chi connectivity index (χ3n) is 3.59. The van der Waals surface area contributed by atoms with Crippen LogP contribution in [0.5, 0.6) is 0 Å². The molecule has 1 aliphatic heterocycles. The lowest BCUT2D eigenvalue weighted by Gasteiger charge is -2.25. The smallest absolute Gasteiger partial charge is 0.196 e. The Morgan fingerprint density at radius 1 is 1.38 bits per heavy atom. The van der Waals surface area contributed by atoms with Gasteiger partial charge in [0.1, 0.15) is 5.82 Å². The number of para-hydroxylation sites is 1. The summed E-state index contributed by atoms with van der Waals surface area (Å²) in [6.07, 6.45) is 4.81. The Kier molecular flexibility index (Phi) is 3.60.